The van der Waals surface area contributed by atoms with E-state index in [0.717, 1.165) is 29.1 Å². The van der Waals surface area contributed by atoms with Gasteiger partial charge in [-0.2, -0.15) is 0 Å². The molecule has 2 aliphatic rings. The summed E-state index contributed by atoms with van der Waals surface area (Å²) < 4.78 is 0. The third-order valence-electron chi connectivity index (χ3n) is 4.61. The minimum atomic E-state index is 0.735. The Hall–Kier alpha value is 0. The highest BCUT2D eigenvalue weighted by atomic mass is 14.6. The Morgan fingerprint density at radius 1 is 1.09 bits per heavy atom. The van der Waals surface area contributed by atoms with Crippen LogP contribution < -0.4 is 0 Å². The largest absolute Gasteiger partial charge is 0.0622 e. The summed E-state index contributed by atoms with van der Waals surface area (Å²) >= 11 is 0. The predicted molar refractivity (Wildman–Crippen MR) is 48.3 cm³/mol. The quantitative estimate of drug-likeness (QED) is 0.540. The third kappa shape index (κ3) is 0.878. The summed E-state index contributed by atoms with van der Waals surface area (Å²) in [4.78, 5) is 0. The van der Waals surface area contributed by atoms with Gasteiger partial charge in [0, 0.05) is 0 Å². The van der Waals surface area contributed by atoms with Gasteiger partial charge in [0.05, 0.1) is 0 Å². The van der Waals surface area contributed by atoms with E-state index in [1.807, 2.05) is 0 Å². The molecule has 0 saturated heterocycles. The first-order valence-electron chi connectivity index (χ1n) is 5.05. The molecule has 0 nitrogen and oxygen atoms in total. The summed E-state index contributed by atoms with van der Waals surface area (Å²) in [7, 11) is 0. The second-order valence-electron chi connectivity index (χ2n) is 5.30. The highest BCUT2D eigenvalue weighted by Crippen LogP contribution is 2.64. The van der Waals surface area contributed by atoms with E-state index in [1.165, 1.54) is 12.8 Å². The van der Waals surface area contributed by atoms with E-state index >= 15 is 0 Å². The summed E-state index contributed by atoms with van der Waals surface area (Å²) in [5.41, 5.74) is 0.735. The average molecular weight is 152 g/mol. The van der Waals surface area contributed by atoms with Gasteiger partial charge in [-0.25, -0.2) is 0 Å². The first-order chi connectivity index (χ1) is 5.05. The van der Waals surface area contributed by atoms with Crippen LogP contribution in [0.15, 0.2) is 0 Å². The van der Waals surface area contributed by atoms with Crippen LogP contribution in [0.3, 0.4) is 0 Å². The van der Waals surface area contributed by atoms with E-state index in [1.54, 1.807) is 0 Å². The fraction of sp³-hybridized carbons (Fsp3) is 1.00. The summed E-state index contributed by atoms with van der Waals surface area (Å²) in [5, 5.41) is 0. The molecular formula is C11H20. The lowest BCUT2D eigenvalue weighted by Crippen LogP contribution is -2.44. The molecule has 64 valence electrons. The molecule has 0 radical (unpaired) electrons. The minimum Gasteiger partial charge on any atom is -0.0622 e. The molecule has 0 N–H and O–H groups in total. The molecule has 11 heavy (non-hydrogen) atoms. The van der Waals surface area contributed by atoms with Crippen molar-refractivity contribution in [3.05, 3.63) is 0 Å². The molecule has 2 saturated carbocycles. The number of hydrogen-bond acceptors (Lipinski definition) is 0. The lowest BCUT2D eigenvalue weighted by molar-refractivity contribution is -0.0282. The van der Waals surface area contributed by atoms with Crippen LogP contribution in [0, 0.1) is 29.1 Å². The van der Waals surface area contributed by atoms with Gasteiger partial charge in [0.25, 0.3) is 0 Å². The van der Waals surface area contributed by atoms with Crippen LogP contribution in [0.4, 0.5) is 0 Å². The van der Waals surface area contributed by atoms with Crippen molar-refractivity contribution in [3.63, 3.8) is 0 Å². The Kier molecular flexibility index (Phi) is 1.41. The second-order valence-corrected chi connectivity index (χ2v) is 5.30. The Morgan fingerprint density at radius 2 is 1.64 bits per heavy atom. The number of hydrogen-bond donors (Lipinski definition) is 0. The molecule has 2 aliphatic carbocycles. The summed E-state index contributed by atoms with van der Waals surface area (Å²) in [6.45, 7) is 9.76. The van der Waals surface area contributed by atoms with Gasteiger partial charge in [0.1, 0.15) is 0 Å². The van der Waals surface area contributed by atoms with Crippen molar-refractivity contribution in [2.24, 2.45) is 29.1 Å². The molecule has 5 atom stereocenters. The summed E-state index contributed by atoms with van der Waals surface area (Å²) in [6.07, 6.45) is 3.00. The van der Waals surface area contributed by atoms with Crippen molar-refractivity contribution >= 4 is 0 Å². The molecule has 0 aromatic heterocycles. The minimum absolute atomic E-state index is 0.735. The van der Waals surface area contributed by atoms with E-state index in [2.05, 4.69) is 27.7 Å². The van der Waals surface area contributed by atoms with Gasteiger partial charge in [0.2, 0.25) is 0 Å². The normalized spacial score (nSPS) is 62.2. The van der Waals surface area contributed by atoms with Crippen molar-refractivity contribution in [3.8, 4) is 0 Å². The fourth-order valence-electron chi connectivity index (χ4n) is 3.28. The third-order valence-corrected chi connectivity index (χ3v) is 4.61. The van der Waals surface area contributed by atoms with Crippen LogP contribution in [0.5, 0.6) is 0 Å². The van der Waals surface area contributed by atoms with E-state index in [9.17, 15) is 0 Å². The van der Waals surface area contributed by atoms with Gasteiger partial charge in [0.15, 0.2) is 0 Å². The molecule has 5 unspecified atom stereocenters. The zero-order chi connectivity index (χ0) is 8.22. The Morgan fingerprint density at radius 3 is 1.91 bits per heavy atom. The lowest BCUT2D eigenvalue weighted by Gasteiger charge is -2.52. The van der Waals surface area contributed by atoms with Crippen LogP contribution in [-0.2, 0) is 0 Å². The highest BCUT2D eigenvalue weighted by molar-refractivity contribution is 5.05. The molecule has 0 spiro atoms. The first-order valence-corrected chi connectivity index (χ1v) is 5.05. The van der Waals surface area contributed by atoms with E-state index in [4.69, 9.17) is 0 Å². The molecule has 2 fully saturated rings. The maximum Gasteiger partial charge on any atom is -0.0264 e. The van der Waals surface area contributed by atoms with Crippen molar-refractivity contribution in [2.75, 3.05) is 0 Å². The van der Waals surface area contributed by atoms with Crippen molar-refractivity contribution < 1.29 is 0 Å². The van der Waals surface area contributed by atoms with Gasteiger partial charge in [-0.3, -0.25) is 0 Å². The molecule has 0 aliphatic heterocycles. The lowest BCUT2D eigenvalue weighted by atomic mass is 9.53. The Balaban J connectivity index is 2.02. The van der Waals surface area contributed by atoms with E-state index in [0.29, 0.717) is 0 Å². The first kappa shape index (κ1) is 7.64. The van der Waals surface area contributed by atoms with Crippen LogP contribution in [0.1, 0.15) is 40.5 Å². The van der Waals surface area contributed by atoms with E-state index < -0.39 is 0 Å². The maximum atomic E-state index is 2.51. The van der Waals surface area contributed by atoms with Crippen LogP contribution >= 0.6 is 0 Å². The Bertz CT molecular complexity index is 169. The maximum absolute atomic E-state index is 2.51. The predicted octanol–water partition coefficient (Wildman–Crippen LogP) is 3.32. The molecule has 0 heterocycles. The standard InChI is InChI=1S/C11H20/c1-7-5-10(7)11(4)6-8(2)9(11)3/h7-10H,5-6H2,1-4H3. The van der Waals surface area contributed by atoms with Crippen LogP contribution in [-0.4, -0.2) is 0 Å². The average Bonchev–Trinajstić information content (AvgIpc) is 2.66. The molecule has 0 amide bonds. The highest BCUT2D eigenvalue weighted by Gasteiger charge is 2.56. The molecule has 0 heteroatoms. The zero-order valence-electron chi connectivity index (χ0n) is 8.22. The molecule has 0 aromatic rings. The SMILES string of the molecule is CC1CC(C)(C2CC2C)C1C. The molecule has 2 rings (SSSR count). The Labute approximate surface area is 70.4 Å². The smallest absolute Gasteiger partial charge is 0.0264 e. The van der Waals surface area contributed by atoms with Gasteiger partial charge in [-0.1, -0.05) is 27.7 Å². The van der Waals surface area contributed by atoms with E-state index in [-0.39, 0.29) is 0 Å². The summed E-state index contributed by atoms with van der Waals surface area (Å²) in [5.74, 6) is 4.09. The molecule has 0 aromatic carbocycles. The number of rotatable bonds is 1. The molecule has 0 bridgehead atoms. The topological polar surface area (TPSA) is 0 Å². The van der Waals surface area contributed by atoms with Gasteiger partial charge >= 0.3 is 0 Å². The van der Waals surface area contributed by atoms with Crippen molar-refractivity contribution in [2.45, 2.75) is 40.5 Å². The van der Waals surface area contributed by atoms with Crippen molar-refractivity contribution in [1.82, 2.24) is 0 Å². The molecular weight excluding hydrogens is 132 g/mol. The van der Waals surface area contributed by atoms with Gasteiger partial charge in [-0.15, -0.1) is 0 Å². The van der Waals surface area contributed by atoms with Gasteiger partial charge < -0.3 is 0 Å². The monoisotopic (exact) mass is 152 g/mol. The van der Waals surface area contributed by atoms with Crippen molar-refractivity contribution in [1.29, 1.82) is 0 Å². The fourth-order valence-corrected chi connectivity index (χ4v) is 3.28. The summed E-state index contributed by atoms with van der Waals surface area (Å²) in [6, 6.07) is 0. The zero-order valence-corrected chi connectivity index (χ0v) is 8.22. The van der Waals surface area contributed by atoms with Gasteiger partial charge in [-0.05, 0) is 41.9 Å². The second kappa shape index (κ2) is 2.02. The van der Waals surface area contributed by atoms with Crippen LogP contribution in [0.25, 0.3) is 0 Å². The van der Waals surface area contributed by atoms with Crippen LogP contribution in [0.2, 0.25) is 0 Å².